The lowest BCUT2D eigenvalue weighted by Crippen LogP contribution is -2.14. The summed E-state index contributed by atoms with van der Waals surface area (Å²) in [6.07, 6.45) is 0. The number of nitrogens with zero attached hydrogens (tertiary/aromatic N) is 2. The molecule has 1 aliphatic rings. The van der Waals surface area contributed by atoms with Crippen molar-refractivity contribution in [3.8, 4) is 33.4 Å². The highest BCUT2D eigenvalue weighted by Crippen LogP contribution is 2.54. The molecule has 1 aliphatic carbocycles. The highest BCUT2D eigenvalue weighted by molar-refractivity contribution is 6.13. The molecule has 0 aliphatic heterocycles. The van der Waals surface area contributed by atoms with Crippen molar-refractivity contribution in [3.63, 3.8) is 0 Å². The molecule has 6 heteroatoms. The van der Waals surface area contributed by atoms with Crippen LogP contribution in [0.3, 0.4) is 0 Å². The molecule has 14 aromatic carbocycles. The van der Waals surface area contributed by atoms with Crippen molar-refractivity contribution < 1.29 is 17.7 Å². The summed E-state index contributed by atoms with van der Waals surface area (Å²) in [5.74, 6) is 0. The van der Waals surface area contributed by atoms with Gasteiger partial charge in [-0.2, -0.15) is 0 Å². The second-order valence-corrected chi connectivity index (χ2v) is 24.4. The summed E-state index contributed by atoms with van der Waals surface area (Å²) in [7, 11) is 0. The molecule has 4 aromatic heterocycles. The van der Waals surface area contributed by atoms with Gasteiger partial charge in [0.2, 0.25) is 0 Å². The smallest absolute Gasteiger partial charge is 0.137 e. The zero-order chi connectivity index (χ0) is 58.6. The van der Waals surface area contributed by atoms with Crippen molar-refractivity contribution in [3.05, 3.63) is 290 Å². The van der Waals surface area contributed by atoms with Crippen LogP contribution >= 0.6 is 0 Å². The number of hydrogen-bond acceptors (Lipinski definition) is 6. The zero-order valence-electron chi connectivity index (χ0n) is 48.6. The number of benzene rings is 14. The van der Waals surface area contributed by atoms with Crippen LogP contribution in [-0.2, 0) is 5.41 Å². The van der Waals surface area contributed by atoms with Crippen LogP contribution in [0.5, 0.6) is 0 Å². The quantitative estimate of drug-likeness (QED) is 0.151. The van der Waals surface area contributed by atoms with Gasteiger partial charge in [0.25, 0.3) is 0 Å². The summed E-state index contributed by atoms with van der Waals surface area (Å²) in [5.41, 5.74) is 21.9. The van der Waals surface area contributed by atoms with Gasteiger partial charge in [-0.3, -0.25) is 0 Å². The lowest BCUT2D eigenvalue weighted by atomic mass is 9.81. The number of hydrogen-bond donors (Lipinski definition) is 0. The van der Waals surface area contributed by atoms with E-state index in [-0.39, 0.29) is 5.41 Å². The molecule has 18 aromatic rings. The van der Waals surface area contributed by atoms with E-state index < -0.39 is 0 Å². The van der Waals surface area contributed by atoms with E-state index in [1.165, 1.54) is 43.8 Å². The van der Waals surface area contributed by atoms with Crippen molar-refractivity contribution in [2.45, 2.75) is 19.3 Å². The van der Waals surface area contributed by atoms with Gasteiger partial charge in [-0.05, 0) is 187 Å². The number of anilines is 6. The molecule has 418 valence electrons. The third kappa shape index (κ3) is 7.70. The molecule has 0 fully saturated rings. The van der Waals surface area contributed by atoms with Gasteiger partial charge in [0.1, 0.15) is 44.7 Å². The van der Waals surface area contributed by atoms with E-state index in [2.05, 4.69) is 278 Å². The first kappa shape index (κ1) is 49.6. The maximum absolute atomic E-state index is 6.99. The van der Waals surface area contributed by atoms with E-state index in [9.17, 15) is 0 Å². The van der Waals surface area contributed by atoms with Crippen molar-refractivity contribution in [1.29, 1.82) is 0 Å². The molecule has 4 heterocycles. The molecule has 0 amide bonds. The molecular formula is C83H52N2O4. The van der Waals surface area contributed by atoms with Crippen molar-refractivity contribution in [1.82, 2.24) is 0 Å². The lowest BCUT2D eigenvalue weighted by molar-refractivity contribution is 0.656. The fraction of sp³-hybridized carbons (Fsp3) is 0.0361. The fourth-order valence-corrected chi connectivity index (χ4v) is 14.5. The summed E-state index contributed by atoms with van der Waals surface area (Å²) < 4.78 is 27.0. The maximum Gasteiger partial charge on any atom is 0.137 e. The van der Waals surface area contributed by atoms with Crippen LogP contribution in [0.25, 0.3) is 143 Å². The van der Waals surface area contributed by atoms with E-state index in [0.717, 1.165) is 144 Å². The van der Waals surface area contributed by atoms with Gasteiger partial charge >= 0.3 is 0 Å². The highest BCUT2D eigenvalue weighted by Gasteiger charge is 2.37. The monoisotopic (exact) mass is 1140 g/mol. The fourth-order valence-electron chi connectivity index (χ4n) is 14.5. The van der Waals surface area contributed by atoms with Gasteiger partial charge in [-0.25, -0.2) is 0 Å². The van der Waals surface area contributed by atoms with Gasteiger partial charge in [-0.1, -0.05) is 147 Å². The molecule has 0 radical (unpaired) electrons. The topological polar surface area (TPSA) is 59.0 Å². The van der Waals surface area contributed by atoms with Crippen LogP contribution in [0, 0.1) is 0 Å². The second kappa shape index (κ2) is 18.7. The van der Waals surface area contributed by atoms with Crippen LogP contribution in [0.15, 0.2) is 297 Å². The van der Waals surface area contributed by atoms with Gasteiger partial charge in [0.05, 0.1) is 0 Å². The Kier molecular flexibility index (Phi) is 10.4. The molecule has 0 unspecified atom stereocenters. The molecule has 0 atom stereocenters. The summed E-state index contributed by atoms with van der Waals surface area (Å²) >= 11 is 0. The Hall–Kier alpha value is -11.6. The highest BCUT2D eigenvalue weighted by atomic mass is 16.3. The van der Waals surface area contributed by atoms with Gasteiger partial charge in [0, 0.05) is 107 Å². The summed E-state index contributed by atoms with van der Waals surface area (Å²) in [6.45, 7) is 4.69. The van der Waals surface area contributed by atoms with E-state index in [1.54, 1.807) is 0 Å². The Bertz CT molecular complexity index is 5610. The molecular weight excluding hydrogens is 1090 g/mol. The van der Waals surface area contributed by atoms with Crippen LogP contribution in [0.4, 0.5) is 34.1 Å². The van der Waals surface area contributed by atoms with Crippen molar-refractivity contribution in [2.75, 3.05) is 9.80 Å². The third-order valence-electron chi connectivity index (χ3n) is 19.0. The molecule has 19 rings (SSSR count). The van der Waals surface area contributed by atoms with Crippen LogP contribution < -0.4 is 9.80 Å². The lowest BCUT2D eigenvalue weighted by Gasteiger charge is -2.25. The molecule has 0 bridgehead atoms. The molecule has 89 heavy (non-hydrogen) atoms. The molecule has 0 saturated heterocycles. The van der Waals surface area contributed by atoms with Crippen molar-refractivity contribution in [2.24, 2.45) is 0 Å². The summed E-state index contributed by atoms with van der Waals surface area (Å²) in [5, 5.41) is 13.6. The first-order valence-corrected chi connectivity index (χ1v) is 30.4. The SMILES string of the molecule is CC1(C)c2cc3c(cc2-c2cc4oc5cc(N(c6ccc(-c7ccc8ccccc8c7)cc6)c6ccc7c(c6)oc6ccccc67)ccc5c4cc21)oc1cc(N(c2ccc(-c4ccc5ccccc5c4)cc2)c2ccc4c(c2)oc2ccccc24)ccc13. The minimum Gasteiger partial charge on any atom is -0.456 e. The van der Waals surface area contributed by atoms with Gasteiger partial charge < -0.3 is 27.5 Å². The van der Waals surface area contributed by atoms with E-state index >= 15 is 0 Å². The predicted octanol–water partition coefficient (Wildman–Crippen LogP) is 24.2. The van der Waals surface area contributed by atoms with E-state index in [1.807, 2.05) is 24.3 Å². The standard InChI is InChI=1S/C83H52N2O4/c1-83(2)73-45-71-67-37-33-61(84(59-31-35-65-63-15-7-9-17-75(63)86-77(65)41-59)57-27-23-51(24-28-57)55-21-19-49-11-3-5-13-53(49)39-55)43-79(67)88-81(71)47-69(73)70-48-82-72(46-74(70)83)68-38-34-62(44-80(68)89-82)85(60-32-36-66-64-16-8-10-18-76(64)87-78(66)42-60)58-29-25-52(26-30-58)56-22-20-50-12-4-6-14-54(50)40-56/h3-48H,1-2H3. The molecule has 0 saturated carbocycles. The van der Waals surface area contributed by atoms with Gasteiger partial charge in [-0.15, -0.1) is 0 Å². The Balaban J connectivity index is 0.697. The van der Waals surface area contributed by atoms with Crippen LogP contribution in [0.1, 0.15) is 25.0 Å². The molecule has 0 spiro atoms. The van der Waals surface area contributed by atoms with Crippen molar-refractivity contribution >= 4 is 143 Å². The maximum atomic E-state index is 6.99. The normalized spacial score (nSPS) is 12.9. The minimum atomic E-state index is -0.309. The average molecular weight is 1140 g/mol. The number of para-hydroxylation sites is 2. The Morgan fingerprint density at radius 3 is 0.933 bits per heavy atom. The first-order valence-electron chi connectivity index (χ1n) is 30.4. The average Bonchev–Trinajstić information content (AvgIpc) is 1.63. The van der Waals surface area contributed by atoms with E-state index in [4.69, 9.17) is 17.7 Å². The summed E-state index contributed by atoms with van der Waals surface area (Å²) in [6, 6.07) is 100. The first-order chi connectivity index (χ1) is 43.8. The minimum absolute atomic E-state index is 0.309. The molecule has 6 nitrogen and oxygen atoms in total. The van der Waals surface area contributed by atoms with Crippen LogP contribution in [0.2, 0.25) is 0 Å². The number of furan rings is 4. The Morgan fingerprint density at radius 1 is 0.225 bits per heavy atom. The Labute approximate surface area is 510 Å². The van der Waals surface area contributed by atoms with E-state index in [0.29, 0.717) is 0 Å². The second-order valence-electron chi connectivity index (χ2n) is 24.4. The molecule has 0 N–H and O–H groups in total. The van der Waals surface area contributed by atoms with Gasteiger partial charge in [0.15, 0.2) is 0 Å². The third-order valence-corrected chi connectivity index (χ3v) is 19.0. The largest absolute Gasteiger partial charge is 0.456 e. The Morgan fingerprint density at radius 2 is 0.528 bits per heavy atom. The number of fused-ring (bicyclic) bond motifs is 17. The van der Waals surface area contributed by atoms with Crippen LogP contribution in [-0.4, -0.2) is 0 Å². The zero-order valence-corrected chi connectivity index (χ0v) is 48.6. The predicted molar refractivity (Wildman–Crippen MR) is 368 cm³/mol. The summed E-state index contributed by atoms with van der Waals surface area (Å²) in [4.78, 5) is 4.60. The number of rotatable bonds is 8.